The third-order valence-corrected chi connectivity index (χ3v) is 4.92. The molecule has 2 amide bonds. The molecule has 4 nitrogen and oxygen atoms in total. The van der Waals surface area contributed by atoms with Gasteiger partial charge in [0.25, 0.3) is 0 Å². The van der Waals surface area contributed by atoms with Gasteiger partial charge >= 0.3 is 0 Å². The predicted octanol–water partition coefficient (Wildman–Crippen LogP) is 4.00. The summed E-state index contributed by atoms with van der Waals surface area (Å²) in [4.78, 5) is 26.6. The van der Waals surface area contributed by atoms with Crippen molar-refractivity contribution in [3.8, 4) is 0 Å². The SMILES string of the molecule is C[C@@H](c1ccccc1)N1C[C@H](C(=O)Nc2ccc(Br)cc2)CC1=O. The molecule has 2 atom stereocenters. The Kier molecular flexibility index (Phi) is 5.00. The van der Waals surface area contributed by atoms with E-state index in [4.69, 9.17) is 0 Å². The molecule has 0 unspecified atom stereocenters. The van der Waals surface area contributed by atoms with Gasteiger partial charge in [0.15, 0.2) is 0 Å². The molecule has 0 saturated carbocycles. The Balaban J connectivity index is 1.65. The van der Waals surface area contributed by atoms with E-state index in [1.165, 1.54) is 0 Å². The fourth-order valence-corrected chi connectivity index (χ4v) is 3.23. The van der Waals surface area contributed by atoms with E-state index in [9.17, 15) is 9.59 Å². The minimum Gasteiger partial charge on any atom is -0.335 e. The van der Waals surface area contributed by atoms with Crippen LogP contribution in [0.5, 0.6) is 0 Å². The van der Waals surface area contributed by atoms with Crippen molar-refractivity contribution in [3.05, 3.63) is 64.6 Å². The Morgan fingerprint density at radius 3 is 2.50 bits per heavy atom. The highest BCUT2D eigenvalue weighted by Crippen LogP contribution is 2.29. The predicted molar refractivity (Wildman–Crippen MR) is 97.4 cm³/mol. The number of nitrogens with zero attached hydrogens (tertiary/aromatic N) is 1. The normalized spacial score (nSPS) is 18.5. The summed E-state index contributed by atoms with van der Waals surface area (Å²) in [6, 6.07) is 17.3. The monoisotopic (exact) mass is 386 g/mol. The smallest absolute Gasteiger partial charge is 0.229 e. The van der Waals surface area contributed by atoms with Crippen LogP contribution in [0.3, 0.4) is 0 Å². The average Bonchev–Trinajstić information content (AvgIpc) is 2.99. The molecule has 24 heavy (non-hydrogen) atoms. The first-order chi connectivity index (χ1) is 11.5. The van der Waals surface area contributed by atoms with E-state index in [1.807, 2.05) is 61.5 Å². The third kappa shape index (κ3) is 3.67. The number of amides is 2. The molecule has 0 aromatic heterocycles. The van der Waals surface area contributed by atoms with Crippen LogP contribution in [0.4, 0.5) is 5.69 Å². The highest BCUT2D eigenvalue weighted by molar-refractivity contribution is 9.10. The van der Waals surface area contributed by atoms with E-state index in [0.717, 1.165) is 15.7 Å². The maximum atomic E-state index is 12.4. The molecular weight excluding hydrogens is 368 g/mol. The number of hydrogen-bond donors (Lipinski definition) is 1. The maximum Gasteiger partial charge on any atom is 0.229 e. The maximum absolute atomic E-state index is 12.4. The molecule has 0 aliphatic carbocycles. The first-order valence-electron chi connectivity index (χ1n) is 7.95. The van der Waals surface area contributed by atoms with Crippen LogP contribution in [0, 0.1) is 5.92 Å². The largest absolute Gasteiger partial charge is 0.335 e. The van der Waals surface area contributed by atoms with Crippen molar-refractivity contribution < 1.29 is 9.59 Å². The summed E-state index contributed by atoms with van der Waals surface area (Å²) in [6.45, 7) is 2.46. The standard InChI is InChI=1S/C19H19BrN2O2/c1-13(14-5-3-2-4-6-14)22-12-15(11-18(22)23)19(24)21-17-9-7-16(20)8-10-17/h2-10,13,15H,11-12H2,1H3,(H,21,24)/t13-,15+/m0/s1. The summed E-state index contributed by atoms with van der Waals surface area (Å²) >= 11 is 3.37. The molecule has 1 fully saturated rings. The van der Waals surface area contributed by atoms with E-state index < -0.39 is 0 Å². The summed E-state index contributed by atoms with van der Waals surface area (Å²) < 4.78 is 0.958. The molecule has 1 aliphatic heterocycles. The highest BCUT2D eigenvalue weighted by atomic mass is 79.9. The van der Waals surface area contributed by atoms with Crippen molar-refractivity contribution in [2.24, 2.45) is 5.92 Å². The number of rotatable bonds is 4. The van der Waals surface area contributed by atoms with Crippen LogP contribution < -0.4 is 5.32 Å². The van der Waals surface area contributed by atoms with Crippen LogP contribution in [-0.4, -0.2) is 23.3 Å². The quantitative estimate of drug-likeness (QED) is 0.862. The first kappa shape index (κ1) is 16.7. The van der Waals surface area contributed by atoms with Crippen LogP contribution in [-0.2, 0) is 9.59 Å². The van der Waals surface area contributed by atoms with Crippen LogP contribution in [0.2, 0.25) is 0 Å². The summed E-state index contributed by atoms with van der Waals surface area (Å²) in [5.41, 5.74) is 1.82. The number of anilines is 1. The minimum absolute atomic E-state index is 0.0239. The zero-order valence-electron chi connectivity index (χ0n) is 13.4. The first-order valence-corrected chi connectivity index (χ1v) is 8.75. The molecule has 2 aromatic rings. The van der Waals surface area contributed by atoms with Gasteiger partial charge in [-0.3, -0.25) is 9.59 Å². The number of hydrogen-bond acceptors (Lipinski definition) is 2. The van der Waals surface area contributed by atoms with Gasteiger partial charge in [-0.05, 0) is 36.8 Å². The topological polar surface area (TPSA) is 49.4 Å². The zero-order chi connectivity index (χ0) is 17.1. The summed E-state index contributed by atoms with van der Waals surface area (Å²) in [5, 5.41) is 2.89. The summed E-state index contributed by atoms with van der Waals surface area (Å²) in [5.74, 6) is -0.386. The second-order valence-electron chi connectivity index (χ2n) is 6.03. The van der Waals surface area contributed by atoms with Gasteiger partial charge in [-0.2, -0.15) is 0 Å². The van der Waals surface area contributed by atoms with Gasteiger partial charge in [-0.1, -0.05) is 46.3 Å². The molecule has 1 heterocycles. The molecule has 5 heteroatoms. The van der Waals surface area contributed by atoms with Gasteiger partial charge in [-0.25, -0.2) is 0 Å². The van der Waals surface area contributed by atoms with Crippen molar-refractivity contribution in [3.63, 3.8) is 0 Å². The lowest BCUT2D eigenvalue weighted by atomic mass is 10.1. The summed E-state index contributed by atoms with van der Waals surface area (Å²) in [7, 11) is 0. The van der Waals surface area contributed by atoms with Gasteiger partial charge < -0.3 is 10.2 Å². The lowest BCUT2D eigenvalue weighted by Gasteiger charge is -2.25. The molecule has 1 aliphatic rings. The van der Waals surface area contributed by atoms with Crippen LogP contribution in [0.25, 0.3) is 0 Å². The van der Waals surface area contributed by atoms with Gasteiger partial charge in [0.05, 0.1) is 12.0 Å². The van der Waals surface area contributed by atoms with Gasteiger partial charge in [0.1, 0.15) is 0 Å². The summed E-state index contributed by atoms with van der Waals surface area (Å²) in [6.07, 6.45) is 0.263. The fraction of sp³-hybridized carbons (Fsp3) is 0.263. The van der Waals surface area contributed by atoms with Crippen LogP contribution >= 0.6 is 15.9 Å². The van der Waals surface area contributed by atoms with Crippen LogP contribution in [0.15, 0.2) is 59.1 Å². The van der Waals surface area contributed by atoms with Crippen LogP contribution in [0.1, 0.15) is 24.9 Å². The van der Waals surface area contributed by atoms with E-state index in [-0.39, 0.29) is 30.2 Å². The molecule has 3 rings (SSSR count). The number of carbonyl (C=O) groups excluding carboxylic acids is 2. The molecule has 0 spiro atoms. The Morgan fingerprint density at radius 1 is 1.17 bits per heavy atom. The lowest BCUT2D eigenvalue weighted by molar-refractivity contribution is -0.129. The van der Waals surface area contributed by atoms with Crippen molar-refractivity contribution >= 4 is 33.4 Å². The van der Waals surface area contributed by atoms with Crippen molar-refractivity contribution in [2.45, 2.75) is 19.4 Å². The Bertz CT molecular complexity index is 731. The van der Waals surface area contributed by atoms with Crippen molar-refractivity contribution in [1.82, 2.24) is 4.90 Å². The van der Waals surface area contributed by atoms with E-state index in [2.05, 4.69) is 21.2 Å². The Labute approximate surface area is 150 Å². The third-order valence-electron chi connectivity index (χ3n) is 4.39. The molecule has 0 bridgehead atoms. The Hall–Kier alpha value is -2.14. The highest BCUT2D eigenvalue weighted by Gasteiger charge is 2.36. The Morgan fingerprint density at radius 2 is 1.83 bits per heavy atom. The second kappa shape index (κ2) is 7.18. The van der Waals surface area contributed by atoms with Gasteiger partial charge in [-0.15, -0.1) is 0 Å². The molecule has 0 radical (unpaired) electrons. The van der Waals surface area contributed by atoms with E-state index in [0.29, 0.717) is 6.54 Å². The fourth-order valence-electron chi connectivity index (χ4n) is 2.97. The van der Waals surface area contributed by atoms with E-state index in [1.54, 1.807) is 4.90 Å². The van der Waals surface area contributed by atoms with Crippen molar-refractivity contribution in [2.75, 3.05) is 11.9 Å². The minimum atomic E-state index is -0.313. The lowest BCUT2D eigenvalue weighted by Crippen LogP contribution is -2.30. The molecule has 1 saturated heterocycles. The number of nitrogens with one attached hydrogen (secondary N) is 1. The molecule has 2 aromatic carbocycles. The molecule has 124 valence electrons. The average molecular weight is 387 g/mol. The van der Waals surface area contributed by atoms with Gasteiger partial charge in [0.2, 0.25) is 11.8 Å². The number of benzene rings is 2. The second-order valence-corrected chi connectivity index (χ2v) is 6.95. The van der Waals surface area contributed by atoms with Crippen molar-refractivity contribution in [1.29, 1.82) is 0 Å². The molecule has 1 N–H and O–H groups in total. The zero-order valence-corrected chi connectivity index (χ0v) is 15.0. The number of halogens is 1. The van der Waals surface area contributed by atoms with Gasteiger partial charge in [0, 0.05) is 23.1 Å². The number of carbonyl (C=O) groups is 2. The molecular formula is C19H19BrN2O2. The number of likely N-dealkylation sites (tertiary alicyclic amines) is 1. The van der Waals surface area contributed by atoms with E-state index >= 15 is 0 Å².